The third kappa shape index (κ3) is 6.30. The van der Waals surface area contributed by atoms with E-state index in [9.17, 15) is 13.2 Å². The summed E-state index contributed by atoms with van der Waals surface area (Å²) in [6.45, 7) is 8.70. The number of amides is 1. The molecular weight excluding hydrogens is 388 g/mol. The SMILES string of the molecule is CCCN(CCC)S(=O)(=O)c1ccc(NC(=O)COc2ccc(C)cc2C)cc1. The van der Waals surface area contributed by atoms with Gasteiger partial charge in [-0.1, -0.05) is 31.5 Å². The van der Waals surface area contributed by atoms with E-state index in [0.717, 1.165) is 24.0 Å². The molecule has 0 unspecified atom stereocenters. The van der Waals surface area contributed by atoms with Crippen LogP contribution in [-0.2, 0) is 14.8 Å². The fourth-order valence-corrected chi connectivity index (χ4v) is 4.64. The normalized spacial score (nSPS) is 11.5. The van der Waals surface area contributed by atoms with Crippen molar-refractivity contribution in [2.24, 2.45) is 0 Å². The summed E-state index contributed by atoms with van der Waals surface area (Å²) in [7, 11) is -3.53. The lowest BCUT2D eigenvalue weighted by atomic mass is 10.1. The number of hydrogen-bond acceptors (Lipinski definition) is 4. The molecule has 158 valence electrons. The third-order valence-corrected chi connectivity index (χ3v) is 6.32. The van der Waals surface area contributed by atoms with Gasteiger partial charge in [-0.3, -0.25) is 4.79 Å². The molecule has 1 amide bonds. The van der Waals surface area contributed by atoms with Gasteiger partial charge in [0, 0.05) is 18.8 Å². The van der Waals surface area contributed by atoms with Crippen molar-refractivity contribution in [3.05, 3.63) is 53.6 Å². The van der Waals surface area contributed by atoms with E-state index < -0.39 is 10.0 Å². The van der Waals surface area contributed by atoms with E-state index >= 15 is 0 Å². The number of carbonyl (C=O) groups excluding carboxylic acids is 1. The quantitative estimate of drug-likeness (QED) is 0.629. The van der Waals surface area contributed by atoms with Crippen LogP contribution in [0.15, 0.2) is 47.4 Å². The van der Waals surface area contributed by atoms with Crippen molar-refractivity contribution in [2.75, 3.05) is 25.0 Å². The molecule has 0 saturated heterocycles. The molecule has 0 bridgehead atoms. The molecule has 0 saturated carbocycles. The van der Waals surface area contributed by atoms with Gasteiger partial charge in [0.25, 0.3) is 5.91 Å². The average molecular weight is 419 g/mol. The van der Waals surface area contributed by atoms with E-state index in [2.05, 4.69) is 5.32 Å². The van der Waals surface area contributed by atoms with Crippen LogP contribution in [0.4, 0.5) is 5.69 Å². The summed E-state index contributed by atoms with van der Waals surface area (Å²) in [5.41, 5.74) is 2.62. The van der Waals surface area contributed by atoms with Crippen molar-refractivity contribution < 1.29 is 17.9 Å². The molecule has 0 aliphatic heterocycles. The number of ether oxygens (including phenoxy) is 1. The minimum Gasteiger partial charge on any atom is -0.483 e. The maximum absolute atomic E-state index is 12.8. The summed E-state index contributed by atoms with van der Waals surface area (Å²) in [6.07, 6.45) is 1.52. The highest BCUT2D eigenvalue weighted by Crippen LogP contribution is 2.20. The van der Waals surface area contributed by atoms with Gasteiger partial charge in [-0.05, 0) is 62.6 Å². The Morgan fingerprint density at radius 2 is 1.62 bits per heavy atom. The van der Waals surface area contributed by atoms with E-state index in [1.807, 2.05) is 45.9 Å². The number of nitrogens with zero attached hydrogens (tertiary/aromatic N) is 1. The Labute approximate surface area is 173 Å². The van der Waals surface area contributed by atoms with Gasteiger partial charge >= 0.3 is 0 Å². The molecular formula is C22H30N2O4S. The van der Waals surface area contributed by atoms with E-state index in [-0.39, 0.29) is 17.4 Å². The molecule has 0 heterocycles. The Bertz CT molecular complexity index is 918. The molecule has 1 N–H and O–H groups in total. The number of nitrogens with one attached hydrogen (secondary N) is 1. The minimum atomic E-state index is -3.53. The lowest BCUT2D eigenvalue weighted by molar-refractivity contribution is -0.118. The second-order valence-electron chi connectivity index (χ2n) is 7.03. The summed E-state index contributed by atoms with van der Waals surface area (Å²) in [6, 6.07) is 12.0. The van der Waals surface area contributed by atoms with Crippen molar-refractivity contribution in [3.8, 4) is 5.75 Å². The molecule has 0 radical (unpaired) electrons. The van der Waals surface area contributed by atoms with Crippen LogP contribution in [0.2, 0.25) is 0 Å². The van der Waals surface area contributed by atoms with Crippen molar-refractivity contribution in [1.29, 1.82) is 0 Å². The molecule has 0 spiro atoms. The van der Waals surface area contributed by atoms with E-state index in [0.29, 0.717) is 24.5 Å². The van der Waals surface area contributed by atoms with Crippen molar-refractivity contribution in [3.63, 3.8) is 0 Å². The predicted molar refractivity (Wildman–Crippen MR) is 116 cm³/mol. The lowest BCUT2D eigenvalue weighted by Gasteiger charge is -2.21. The van der Waals surface area contributed by atoms with Crippen molar-refractivity contribution in [2.45, 2.75) is 45.4 Å². The Morgan fingerprint density at radius 1 is 1.00 bits per heavy atom. The molecule has 7 heteroatoms. The highest BCUT2D eigenvalue weighted by Gasteiger charge is 2.22. The van der Waals surface area contributed by atoms with Gasteiger partial charge in [0.15, 0.2) is 6.61 Å². The summed E-state index contributed by atoms with van der Waals surface area (Å²) >= 11 is 0. The van der Waals surface area contributed by atoms with Gasteiger partial charge in [0.2, 0.25) is 10.0 Å². The predicted octanol–water partition coefficient (Wildman–Crippen LogP) is 4.13. The largest absolute Gasteiger partial charge is 0.483 e. The van der Waals surface area contributed by atoms with Crippen LogP contribution in [0.3, 0.4) is 0 Å². The number of carbonyl (C=O) groups is 1. The third-order valence-electron chi connectivity index (χ3n) is 4.41. The van der Waals surface area contributed by atoms with Crippen LogP contribution in [0.25, 0.3) is 0 Å². The fourth-order valence-electron chi connectivity index (χ4n) is 3.01. The molecule has 2 aromatic rings. The minimum absolute atomic E-state index is 0.120. The van der Waals surface area contributed by atoms with E-state index in [1.165, 1.54) is 16.4 Å². The Morgan fingerprint density at radius 3 is 2.17 bits per heavy atom. The van der Waals surface area contributed by atoms with Gasteiger partial charge in [-0.25, -0.2) is 8.42 Å². The van der Waals surface area contributed by atoms with Crippen LogP contribution in [0, 0.1) is 13.8 Å². The molecule has 2 aromatic carbocycles. The number of rotatable bonds is 10. The maximum Gasteiger partial charge on any atom is 0.262 e. The zero-order valence-corrected chi connectivity index (χ0v) is 18.4. The van der Waals surface area contributed by atoms with Gasteiger partial charge in [0.05, 0.1) is 4.90 Å². The number of aryl methyl sites for hydroxylation is 2. The molecule has 0 aromatic heterocycles. The molecule has 0 aliphatic rings. The second kappa shape index (κ2) is 10.4. The van der Waals surface area contributed by atoms with Gasteiger partial charge in [-0.2, -0.15) is 4.31 Å². The highest BCUT2D eigenvalue weighted by atomic mass is 32.2. The van der Waals surface area contributed by atoms with Crippen LogP contribution in [0.1, 0.15) is 37.8 Å². The van der Waals surface area contributed by atoms with Crippen LogP contribution < -0.4 is 10.1 Å². The number of benzene rings is 2. The van der Waals surface area contributed by atoms with Crippen molar-refractivity contribution in [1.82, 2.24) is 4.31 Å². The number of anilines is 1. The Hall–Kier alpha value is -2.38. The molecule has 29 heavy (non-hydrogen) atoms. The standard InChI is InChI=1S/C22H30N2O4S/c1-5-13-24(14-6-2)29(26,27)20-10-8-19(9-11-20)23-22(25)16-28-21-12-7-17(3)15-18(21)4/h7-12,15H,5-6,13-14,16H2,1-4H3,(H,23,25). The first-order valence-corrected chi connectivity index (χ1v) is 11.3. The topological polar surface area (TPSA) is 75.7 Å². The van der Waals surface area contributed by atoms with Gasteiger partial charge in [0.1, 0.15) is 5.75 Å². The van der Waals surface area contributed by atoms with Crippen molar-refractivity contribution >= 4 is 21.6 Å². The van der Waals surface area contributed by atoms with Crippen LogP contribution in [0.5, 0.6) is 5.75 Å². The number of sulfonamides is 1. The summed E-state index contributed by atoms with van der Waals surface area (Å²) < 4.78 is 32.6. The summed E-state index contributed by atoms with van der Waals surface area (Å²) in [5, 5.41) is 2.73. The molecule has 0 fully saturated rings. The summed E-state index contributed by atoms with van der Waals surface area (Å²) in [5.74, 6) is 0.360. The first kappa shape index (κ1) is 22.9. The lowest BCUT2D eigenvalue weighted by Crippen LogP contribution is -2.32. The average Bonchev–Trinajstić information content (AvgIpc) is 2.67. The fraction of sp³-hybridized carbons (Fsp3) is 0.409. The van der Waals surface area contributed by atoms with Gasteiger partial charge < -0.3 is 10.1 Å². The smallest absolute Gasteiger partial charge is 0.262 e. The van der Waals surface area contributed by atoms with Crippen LogP contribution in [-0.4, -0.2) is 38.3 Å². The first-order chi connectivity index (χ1) is 13.8. The highest BCUT2D eigenvalue weighted by molar-refractivity contribution is 7.89. The van der Waals surface area contributed by atoms with E-state index in [4.69, 9.17) is 4.74 Å². The monoisotopic (exact) mass is 418 g/mol. The molecule has 6 nitrogen and oxygen atoms in total. The Balaban J connectivity index is 1.99. The first-order valence-electron chi connectivity index (χ1n) is 9.88. The zero-order chi connectivity index (χ0) is 21.4. The molecule has 0 atom stereocenters. The molecule has 2 rings (SSSR count). The maximum atomic E-state index is 12.8. The Kier molecular flexibility index (Phi) is 8.22. The van der Waals surface area contributed by atoms with E-state index in [1.54, 1.807) is 12.1 Å². The summed E-state index contributed by atoms with van der Waals surface area (Å²) in [4.78, 5) is 12.4. The molecule has 0 aliphatic carbocycles. The second-order valence-corrected chi connectivity index (χ2v) is 8.97. The van der Waals surface area contributed by atoms with Gasteiger partial charge in [-0.15, -0.1) is 0 Å². The zero-order valence-electron chi connectivity index (χ0n) is 17.6. The number of hydrogen-bond donors (Lipinski definition) is 1. The van der Waals surface area contributed by atoms with Crippen LogP contribution >= 0.6 is 0 Å².